The lowest BCUT2D eigenvalue weighted by Crippen LogP contribution is -2.04. The quantitative estimate of drug-likeness (QED) is 0.128. The van der Waals surface area contributed by atoms with Crippen LogP contribution in [0.25, 0.3) is 143 Å². The molecule has 0 amide bonds. The average molecular weight is 977 g/mol. The second kappa shape index (κ2) is 18.4. The van der Waals surface area contributed by atoms with Crippen molar-refractivity contribution in [2.75, 3.05) is 0 Å². The van der Waals surface area contributed by atoms with E-state index in [4.69, 9.17) is 19.4 Å². The molecule has 4 heterocycles. The lowest BCUT2D eigenvalue weighted by molar-refractivity contribution is 0.677. The van der Waals surface area contributed by atoms with Gasteiger partial charge in [0, 0.05) is 64.1 Å². The molecule has 6 heteroatoms. The highest BCUT2D eigenvalue weighted by Gasteiger charge is 2.26. The molecule has 0 bridgehead atoms. The van der Waals surface area contributed by atoms with Crippen LogP contribution < -0.4 is 0 Å². The van der Waals surface area contributed by atoms with Crippen molar-refractivity contribution in [3.63, 3.8) is 0 Å². The van der Waals surface area contributed by atoms with Gasteiger partial charge in [0.05, 0.1) is 22.1 Å². The summed E-state index contributed by atoms with van der Waals surface area (Å²) in [6.45, 7) is 3.84. The number of allylic oxidation sites excluding steroid dienone is 4. The van der Waals surface area contributed by atoms with E-state index < -0.39 is 0 Å². The molecule has 0 atom stereocenters. The van der Waals surface area contributed by atoms with Gasteiger partial charge in [-0.25, -0.2) is 15.0 Å². The van der Waals surface area contributed by atoms with Gasteiger partial charge < -0.3 is 8.98 Å². The average Bonchev–Trinajstić information content (AvgIpc) is 4.18. The van der Waals surface area contributed by atoms with Gasteiger partial charge in [-0.3, -0.25) is 0 Å². The van der Waals surface area contributed by atoms with Crippen LogP contribution in [0, 0.1) is 0 Å². The van der Waals surface area contributed by atoms with Crippen molar-refractivity contribution in [3.8, 4) is 73.2 Å². The van der Waals surface area contributed by atoms with Gasteiger partial charge in [-0.1, -0.05) is 213 Å². The molecule has 4 aromatic heterocycles. The van der Waals surface area contributed by atoms with E-state index in [2.05, 4.69) is 205 Å². The zero-order chi connectivity index (χ0) is 49.8. The fraction of sp³-hybridized carbons (Fsp3) is 0. The van der Waals surface area contributed by atoms with Crippen LogP contribution in [0.15, 0.2) is 260 Å². The molecule has 0 saturated heterocycles. The fourth-order valence-electron chi connectivity index (χ4n) is 10.7. The minimum absolute atomic E-state index is 0.574. The van der Waals surface area contributed by atoms with Crippen LogP contribution in [0.4, 0.5) is 0 Å². The van der Waals surface area contributed by atoms with Crippen LogP contribution in [0.1, 0.15) is 5.56 Å². The number of nitrogens with zero attached hydrogens (tertiary/aromatic N) is 4. The molecule has 0 aliphatic rings. The maximum Gasteiger partial charge on any atom is 0.164 e. The summed E-state index contributed by atoms with van der Waals surface area (Å²) in [5, 5.41) is 6.76. The van der Waals surface area contributed by atoms with Crippen LogP contribution in [0.5, 0.6) is 0 Å². The highest BCUT2D eigenvalue weighted by atomic mass is 32.1. The highest BCUT2D eigenvalue weighted by Crippen LogP contribution is 2.48. The number of hydrogen-bond acceptors (Lipinski definition) is 5. The number of rotatable bonds is 10. The molecular weight excluding hydrogens is 933 g/mol. The number of hydrogen-bond donors (Lipinski definition) is 0. The second-order valence-electron chi connectivity index (χ2n) is 18.7. The number of furan rings is 1. The molecule has 352 valence electrons. The molecule has 10 aromatic carbocycles. The van der Waals surface area contributed by atoms with Gasteiger partial charge in [-0.2, -0.15) is 0 Å². The minimum atomic E-state index is 0.574. The van der Waals surface area contributed by atoms with E-state index in [0.29, 0.717) is 17.5 Å². The number of thiophene rings is 1. The van der Waals surface area contributed by atoms with Crippen molar-refractivity contribution < 1.29 is 4.42 Å². The number of para-hydroxylation sites is 1. The minimum Gasteiger partial charge on any atom is -0.455 e. The van der Waals surface area contributed by atoms with E-state index in [0.717, 1.165) is 105 Å². The smallest absolute Gasteiger partial charge is 0.164 e. The van der Waals surface area contributed by atoms with E-state index in [-0.39, 0.29) is 0 Å². The topological polar surface area (TPSA) is 56.7 Å². The summed E-state index contributed by atoms with van der Waals surface area (Å²) >= 11 is 1.81. The lowest BCUT2D eigenvalue weighted by Gasteiger charge is -2.21. The van der Waals surface area contributed by atoms with Gasteiger partial charge in [0.15, 0.2) is 17.5 Å². The monoisotopic (exact) mass is 976 g/mol. The third-order valence-corrected chi connectivity index (χ3v) is 15.4. The van der Waals surface area contributed by atoms with Gasteiger partial charge in [-0.15, -0.1) is 11.3 Å². The molecular formula is C69H44N4OS. The number of benzene rings is 10. The second-order valence-corrected chi connectivity index (χ2v) is 19.8. The van der Waals surface area contributed by atoms with Gasteiger partial charge in [0.1, 0.15) is 11.2 Å². The highest BCUT2D eigenvalue weighted by molar-refractivity contribution is 7.26. The largest absolute Gasteiger partial charge is 0.455 e. The number of aromatic nitrogens is 4. The molecule has 0 N–H and O–H groups in total. The van der Waals surface area contributed by atoms with Gasteiger partial charge >= 0.3 is 0 Å². The van der Waals surface area contributed by atoms with Crippen molar-refractivity contribution >= 4 is 81.3 Å². The van der Waals surface area contributed by atoms with Crippen LogP contribution in [-0.4, -0.2) is 19.5 Å². The summed E-state index contributed by atoms with van der Waals surface area (Å²) in [5.41, 5.74) is 15.1. The Morgan fingerprint density at radius 3 is 1.56 bits per heavy atom. The Bertz CT molecular complexity index is 4510. The van der Waals surface area contributed by atoms with E-state index in [1.807, 2.05) is 66.0 Å². The van der Waals surface area contributed by atoms with Gasteiger partial charge in [0.25, 0.3) is 0 Å². The maximum absolute atomic E-state index is 7.27. The van der Waals surface area contributed by atoms with Crippen molar-refractivity contribution in [3.05, 3.63) is 261 Å². The van der Waals surface area contributed by atoms with E-state index in [9.17, 15) is 0 Å². The molecule has 14 aromatic rings. The molecule has 0 spiro atoms. The normalized spacial score (nSPS) is 11.9. The zero-order valence-corrected chi connectivity index (χ0v) is 41.4. The standard InChI is InChI=1S/C69H44N4OS/c1-2-3-4-8-19-44-30-32-47(33-31-44)56-42-51(69-71-67(49-22-11-6-12-23-49)70-68(72-69)50-24-13-7-14-25-50)43-57(48-36-34-46(35-37-48)45-20-9-5-10-21-45)64(56)73-58-28-17-15-26-54(58)62-59(73)40-38-52-53-39-41-61-63(66(53)74-65(52)62)55-27-16-18-29-60(55)75-61/h2-43H,1H2/b4-3-,19-8+. The summed E-state index contributed by atoms with van der Waals surface area (Å²) in [4.78, 5) is 15.7. The Balaban J connectivity index is 1.09. The van der Waals surface area contributed by atoms with Crippen molar-refractivity contribution in [2.45, 2.75) is 0 Å². The van der Waals surface area contributed by atoms with Crippen molar-refractivity contribution in [1.29, 1.82) is 0 Å². The van der Waals surface area contributed by atoms with Gasteiger partial charge in [-0.05, 0) is 76.3 Å². The van der Waals surface area contributed by atoms with Crippen molar-refractivity contribution in [1.82, 2.24) is 19.5 Å². The van der Waals surface area contributed by atoms with Crippen LogP contribution >= 0.6 is 11.3 Å². The van der Waals surface area contributed by atoms with E-state index in [1.54, 1.807) is 6.08 Å². The molecule has 0 aliphatic heterocycles. The first-order valence-corrected chi connectivity index (χ1v) is 25.9. The van der Waals surface area contributed by atoms with Crippen LogP contribution in [-0.2, 0) is 0 Å². The Labute approximate surface area is 437 Å². The number of fused-ring (bicyclic) bond motifs is 11. The summed E-state index contributed by atoms with van der Waals surface area (Å²) in [6, 6.07) is 79.6. The summed E-state index contributed by atoms with van der Waals surface area (Å²) in [6.07, 6.45) is 9.86. The Kier molecular flexibility index (Phi) is 10.8. The summed E-state index contributed by atoms with van der Waals surface area (Å²) in [5.74, 6) is 1.78. The molecule has 5 nitrogen and oxygen atoms in total. The zero-order valence-electron chi connectivity index (χ0n) is 40.6. The predicted molar refractivity (Wildman–Crippen MR) is 315 cm³/mol. The lowest BCUT2D eigenvalue weighted by atomic mass is 9.91. The molecule has 14 rings (SSSR count). The maximum atomic E-state index is 7.27. The molecule has 0 unspecified atom stereocenters. The van der Waals surface area contributed by atoms with Crippen LogP contribution in [0.2, 0.25) is 0 Å². The van der Waals surface area contributed by atoms with E-state index in [1.165, 1.54) is 20.2 Å². The molecule has 0 aliphatic carbocycles. The predicted octanol–water partition coefficient (Wildman–Crippen LogP) is 19.0. The molecule has 0 fully saturated rings. The third kappa shape index (κ3) is 7.66. The summed E-state index contributed by atoms with van der Waals surface area (Å²) < 4.78 is 12.2. The molecule has 0 saturated carbocycles. The first-order chi connectivity index (χ1) is 37.1. The first kappa shape index (κ1) is 44.0. The van der Waals surface area contributed by atoms with Gasteiger partial charge in [0.2, 0.25) is 0 Å². The summed E-state index contributed by atoms with van der Waals surface area (Å²) in [7, 11) is 0. The van der Waals surface area contributed by atoms with E-state index >= 15 is 0 Å². The fourth-order valence-corrected chi connectivity index (χ4v) is 11.8. The third-order valence-electron chi connectivity index (χ3n) is 14.2. The first-order valence-electron chi connectivity index (χ1n) is 25.1. The Morgan fingerprint density at radius 2 is 0.907 bits per heavy atom. The SMILES string of the molecule is C=C/C=C\C=C\c1ccc(-c2cc(-c3nc(-c4ccccc4)nc(-c4ccccc4)n3)cc(-c3ccc(-c4ccccc4)cc3)c2-n2c3ccccc3c3c4oc5c(ccc6sc7ccccc7c65)c4ccc32)cc1. The Morgan fingerprint density at radius 1 is 0.387 bits per heavy atom. The molecule has 0 radical (unpaired) electrons. The van der Waals surface area contributed by atoms with Crippen molar-refractivity contribution in [2.24, 2.45) is 0 Å². The van der Waals surface area contributed by atoms with Crippen LogP contribution in [0.3, 0.4) is 0 Å². The molecule has 75 heavy (non-hydrogen) atoms. The Hall–Kier alpha value is -9.75.